The third kappa shape index (κ3) is 5.43. The Bertz CT molecular complexity index is 551. The maximum absolute atomic E-state index is 12.4. The van der Waals surface area contributed by atoms with Crippen molar-refractivity contribution in [2.24, 2.45) is 5.92 Å². The minimum Gasteiger partial charge on any atom is -0.410 e. The van der Waals surface area contributed by atoms with Crippen LogP contribution in [0.3, 0.4) is 0 Å². The van der Waals surface area contributed by atoms with Gasteiger partial charge >= 0.3 is 0 Å². The van der Waals surface area contributed by atoms with Crippen LogP contribution in [0.5, 0.6) is 0 Å². The van der Waals surface area contributed by atoms with Crippen molar-refractivity contribution >= 4 is 14.1 Å². The van der Waals surface area contributed by atoms with Gasteiger partial charge in [0.15, 0.2) is 14.1 Å². The molecule has 0 saturated carbocycles. The first-order chi connectivity index (χ1) is 10.5. The molecule has 128 valence electrons. The van der Waals surface area contributed by atoms with E-state index in [0.717, 1.165) is 11.1 Å². The molecule has 0 fully saturated rings. The van der Waals surface area contributed by atoms with Crippen LogP contribution < -0.4 is 0 Å². The van der Waals surface area contributed by atoms with Gasteiger partial charge in [0, 0.05) is 5.56 Å². The van der Waals surface area contributed by atoms with Crippen molar-refractivity contribution in [3.63, 3.8) is 0 Å². The molecule has 1 aromatic rings. The van der Waals surface area contributed by atoms with Gasteiger partial charge in [-0.05, 0) is 42.6 Å². The number of benzene rings is 1. The highest BCUT2D eigenvalue weighted by Crippen LogP contribution is 2.39. The van der Waals surface area contributed by atoms with Crippen LogP contribution in [-0.4, -0.2) is 20.2 Å². The first kappa shape index (κ1) is 19.9. The maximum Gasteiger partial charge on any atom is 0.192 e. The zero-order valence-corrected chi connectivity index (χ0v) is 16.9. The summed E-state index contributed by atoms with van der Waals surface area (Å²) in [7, 11) is -1.88. The molecule has 0 aliphatic carbocycles. The predicted octanol–water partition coefficient (Wildman–Crippen LogP) is 5.86. The Labute approximate surface area is 143 Å². The Balaban J connectivity index is 3.02. The van der Waals surface area contributed by atoms with Gasteiger partial charge in [-0.1, -0.05) is 65.0 Å². The number of allylic oxidation sites excluding steroid dienone is 1. The Morgan fingerprint density at radius 1 is 1.13 bits per heavy atom. The van der Waals surface area contributed by atoms with Crippen molar-refractivity contribution in [3.05, 3.63) is 47.5 Å². The number of hydrogen-bond donors (Lipinski definition) is 0. The fourth-order valence-corrected chi connectivity index (χ4v) is 3.67. The number of carbonyl (C=O) groups excluding carboxylic acids is 1. The number of carbonyl (C=O) groups is 1. The molecular weight excluding hydrogens is 300 g/mol. The Morgan fingerprint density at radius 2 is 1.65 bits per heavy atom. The molecule has 0 saturated heterocycles. The molecule has 0 aliphatic rings. The molecule has 0 aromatic heterocycles. The van der Waals surface area contributed by atoms with Gasteiger partial charge in [0.05, 0.1) is 6.10 Å². The van der Waals surface area contributed by atoms with Gasteiger partial charge in [-0.15, -0.1) is 0 Å². The summed E-state index contributed by atoms with van der Waals surface area (Å²) in [6, 6.07) is 9.41. The molecule has 0 bridgehead atoms. The largest absolute Gasteiger partial charge is 0.410 e. The molecule has 1 unspecified atom stereocenters. The molecule has 2 nitrogen and oxygen atoms in total. The molecule has 1 atom stereocenters. The SMILES string of the molecule is C/C(=C/C(=O)c1ccccc1)C(O[Si](C)(C)C(C)(C)C)C(C)C. The summed E-state index contributed by atoms with van der Waals surface area (Å²) >= 11 is 0. The molecule has 3 heteroatoms. The molecule has 23 heavy (non-hydrogen) atoms. The van der Waals surface area contributed by atoms with Crippen molar-refractivity contribution in [2.75, 3.05) is 0 Å². The number of hydrogen-bond acceptors (Lipinski definition) is 2. The van der Waals surface area contributed by atoms with Crippen molar-refractivity contribution < 1.29 is 9.22 Å². The van der Waals surface area contributed by atoms with E-state index < -0.39 is 8.32 Å². The van der Waals surface area contributed by atoms with E-state index in [1.165, 1.54) is 0 Å². The first-order valence-corrected chi connectivity index (χ1v) is 11.3. The quantitative estimate of drug-likeness (QED) is 0.370. The Hall–Kier alpha value is -1.19. The van der Waals surface area contributed by atoms with Gasteiger partial charge in [0.2, 0.25) is 0 Å². The molecule has 0 aliphatic heterocycles. The maximum atomic E-state index is 12.4. The molecule has 1 aromatic carbocycles. The second kappa shape index (κ2) is 7.58. The number of rotatable bonds is 6. The topological polar surface area (TPSA) is 26.3 Å². The summed E-state index contributed by atoms with van der Waals surface area (Å²) < 4.78 is 6.58. The van der Waals surface area contributed by atoms with E-state index in [0.29, 0.717) is 5.92 Å². The highest BCUT2D eigenvalue weighted by Gasteiger charge is 2.40. The summed E-state index contributed by atoms with van der Waals surface area (Å²) in [5.41, 5.74) is 1.74. The summed E-state index contributed by atoms with van der Waals surface area (Å²) in [6.07, 6.45) is 1.73. The standard InChI is InChI=1S/C20H32O2Si/c1-15(2)19(22-23(7,8)20(4,5)6)16(3)14-18(21)17-12-10-9-11-13-17/h9-15,19H,1-8H3/b16-14-. The van der Waals surface area contributed by atoms with E-state index in [2.05, 4.69) is 47.7 Å². The van der Waals surface area contributed by atoms with Crippen LogP contribution in [0.2, 0.25) is 18.1 Å². The third-order valence-electron chi connectivity index (χ3n) is 4.70. The average Bonchev–Trinajstić information content (AvgIpc) is 2.44. The van der Waals surface area contributed by atoms with Crippen LogP contribution in [0.15, 0.2) is 42.0 Å². The van der Waals surface area contributed by atoms with Crippen LogP contribution in [0.25, 0.3) is 0 Å². The summed E-state index contributed by atoms with van der Waals surface area (Å²) in [6.45, 7) is 17.6. The van der Waals surface area contributed by atoms with E-state index in [4.69, 9.17) is 4.43 Å². The fourth-order valence-electron chi connectivity index (χ4n) is 2.22. The lowest BCUT2D eigenvalue weighted by Gasteiger charge is -2.40. The van der Waals surface area contributed by atoms with Crippen molar-refractivity contribution in [2.45, 2.75) is 65.8 Å². The van der Waals surface area contributed by atoms with Crippen LogP contribution in [0, 0.1) is 5.92 Å². The van der Waals surface area contributed by atoms with Crippen LogP contribution >= 0.6 is 0 Å². The first-order valence-electron chi connectivity index (χ1n) is 8.41. The van der Waals surface area contributed by atoms with Crippen molar-refractivity contribution in [3.8, 4) is 0 Å². The van der Waals surface area contributed by atoms with Gasteiger partial charge < -0.3 is 4.43 Å². The Kier molecular flexibility index (Phi) is 6.55. The average molecular weight is 333 g/mol. The van der Waals surface area contributed by atoms with Crippen molar-refractivity contribution in [1.29, 1.82) is 0 Å². The van der Waals surface area contributed by atoms with Crippen LogP contribution in [0.4, 0.5) is 0 Å². The molecule has 0 amide bonds. The molecule has 0 spiro atoms. The van der Waals surface area contributed by atoms with Gasteiger partial charge in [-0.2, -0.15) is 0 Å². The highest BCUT2D eigenvalue weighted by atomic mass is 28.4. The van der Waals surface area contributed by atoms with E-state index in [1.54, 1.807) is 6.08 Å². The van der Waals surface area contributed by atoms with E-state index in [-0.39, 0.29) is 16.9 Å². The van der Waals surface area contributed by atoms with E-state index >= 15 is 0 Å². The molecular formula is C20H32O2Si. The van der Waals surface area contributed by atoms with E-state index in [9.17, 15) is 4.79 Å². The summed E-state index contributed by atoms with van der Waals surface area (Å²) in [5.74, 6) is 0.386. The highest BCUT2D eigenvalue weighted by molar-refractivity contribution is 6.74. The minimum atomic E-state index is -1.88. The van der Waals surface area contributed by atoms with Gasteiger partial charge in [0.1, 0.15) is 0 Å². The second-order valence-electron chi connectivity index (χ2n) is 8.16. The number of ketones is 1. The van der Waals surface area contributed by atoms with Crippen LogP contribution in [-0.2, 0) is 4.43 Å². The molecule has 1 rings (SSSR count). The third-order valence-corrected chi connectivity index (χ3v) is 9.15. The summed E-state index contributed by atoms with van der Waals surface area (Å²) in [4.78, 5) is 12.4. The van der Waals surface area contributed by atoms with Crippen molar-refractivity contribution in [1.82, 2.24) is 0 Å². The Morgan fingerprint density at radius 3 is 2.09 bits per heavy atom. The molecule has 0 N–H and O–H groups in total. The lowest BCUT2D eigenvalue weighted by molar-refractivity contribution is 0.104. The molecule has 0 radical (unpaired) electrons. The van der Waals surface area contributed by atoms with Crippen LogP contribution in [0.1, 0.15) is 51.9 Å². The van der Waals surface area contributed by atoms with Gasteiger partial charge in [0.25, 0.3) is 0 Å². The normalized spacial score (nSPS) is 14.9. The lowest BCUT2D eigenvalue weighted by Crippen LogP contribution is -2.45. The molecule has 0 heterocycles. The lowest BCUT2D eigenvalue weighted by atomic mass is 9.98. The zero-order chi connectivity index (χ0) is 17.8. The minimum absolute atomic E-state index is 0.0106. The monoisotopic (exact) mass is 332 g/mol. The van der Waals surface area contributed by atoms with Gasteiger partial charge in [-0.25, -0.2) is 0 Å². The predicted molar refractivity (Wildman–Crippen MR) is 101 cm³/mol. The fraction of sp³-hybridized carbons (Fsp3) is 0.550. The van der Waals surface area contributed by atoms with E-state index in [1.807, 2.05) is 37.3 Å². The summed E-state index contributed by atoms with van der Waals surface area (Å²) in [5, 5.41) is 0.157. The smallest absolute Gasteiger partial charge is 0.192 e. The second-order valence-corrected chi connectivity index (χ2v) is 12.9. The zero-order valence-electron chi connectivity index (χ0n) is 15.9. The van der Waals surface area contributed by atoms with Gasteiger partial charge in [-0.3, -0.25) is 4.79 Å².